The van der Waals surface area contributed by atoms with Crippen LogP contribution in [0.4, 0.5) is 0 Å². The summed E-state index contributed by atoms with van der Waals surface area (Å²) in [5, 5.41) is 0. The number of carbonyl (C=O) groups excluding carboxylic acids is 2. The van der Waals surface area contributed by atoms with Crippen molar-refractivity contribution in [3.05, 3.63) is 23.9 Å². The van der Waals surface area contributed by atoms with Gasteiger partial charge in [-0.05, 0) is 32.8 Å². The molecule has 0 spiro atoms. The van der Waals surface area contributed by atoms with E-state index in [1.807, 2.05) is 13.8 Å². The molecule has 2 N–H and O–H groups in total. The molecular weight excluding hydrogens is 298 g/mol. The zero-order valence-electron chi connectivity index (χ0n) is 13.7. The standard InChI is InChI=1S/C16H23N3O4/c1-11(2)23-13-9-12(5-7-18-13)14(20)19-8-4-6-16(19,10-22-3)15(17)21/h5,7,9,11H,4,6,8,10H2,1-3H3,(H2,17,21). The lowest BCUT2D eigenvalue weighted by Crippen LogP contribution is -2.58. The highest BCUT2D eigenvalue weighted by Crippen LogP contribution is 2.31. The molecule has 1 atom stereocenters. The maximum Gasteiger partial charge on any atom is 0.255 e. The minimum absolute atomic E-state index is 0.0437. The number of likely N-dealkylation sites (tertiary alicyclic amines) is 1. The number of amides is 2. The Morgan fingerprint density at radius 1 is 1.48 bits per heavy atom. The van der Waals surface area contributed by atoms with E-state index in [9.17, 15) is 9.59 Å². The summed E-state index contributed by atoms with van der Waals surface area (Å²) in [5.41, 5.74) is 4.90. The van der Waals surface area contributed by atoms with Crippen LogP contribution in [-0.4, -0.2) is 53.6 Å². The second kappa shape index (κ2) is 6.95. The van der Waals surface area contributed by atoms with Crippen LogP contribution in [-0.2, 0) is 9.53 Å². The summed E-state index contributed by atoms with van der Waals surface area (Å²) in [6, 6.07) is 3.19. The van der Waals surface area contributed by atoms with Crippen molar-refractivity contribution in [2.75, 3.05) is 20.3 Å². The molecule has 1 aliphatic heterocycles. The van der Waals surface area contributed by atoms with Gasteiger partial charge in [-0.15, -0.1) is 0 Å². The fraction of sp³-hybridized carbons (Fsp3) is 0.562. The van der Waals surface area contributed by atoms with Crippen LogP contribution in [0.3, 0.4) is 0 Å². The first-order chi connectivity index (χ1) is 10.9. The number of nitrogens with two attached hydrogens (primary N) is 1. The predicted molar refractivity (Wildman–Crippen MR) is 84.1 cm³/mol. The Balaban J connectivity index is 2.30. The highest BCUT2D eigenvalue weighted by molar-refractivity contribution is 5.99. The van der Waals surface area contributed by atoms with Crippen LogP contribution in [0.1, 0.15) is 37.0 Å². The summed E-state index contributed by atoms with van der Waals surface area (Å²) in [6.07, 6.45) is 2.68. The summed E-state index contributed by atoms with van der Waals surface area (Å²) in [4.78, 5) is 30.4. The van der Waals surface area contributed by atoms with E-state index in [4.69, 9.17) is 15.2 Å². The molecule has 1 aromatic rings. The van der Waals surface area contributed by atoms with E-state index in [-0.39, 0.29) is 18.6 Å². The quantitative estimate of drug-likeness (QED) is 0.842. The Kier molecular flexibility index (Phi) is 5.20. The van der Waals surface area contributed by atoms with Gasteiger partial charge in [-0.2, -0.15) is 0 Å². The topological polar surface area (TPSA) is 94.8 Å². The van der Waals surface area contributed by atoms with Gasteiger partial charge in [0, 0.05) is 31.5 Å². The average molecular weight is 321 g/mol. The highest BCUT2D eigenvalue weighted by atomic mass is 16.5. The first kappa shape index (κ1) is 17.2. The van der Waals surface area contributed by atoms with Crippen LogP contribution in [0, 0.1) is 0 Å². The van der Waals surface area contributed by atoms with Gasteiger partial charge in [0.2, 0.25) is 11.8 Å². The zero-order valence-corrected chi connectivity index (χ0v) is 13.7. The number of hydrogen-bond donors (Lipinski definition) is 1. The van der Waals surface area contributed by atoms with Gasteiger partial charge in [-0.25, -0.2) is 4.98 Å². The van der Waals surface area contributed by atoms with Crippen molar-refractivity contribution in [3.63, 3.8) is 0 Å². The molecule has 1 fully saturated rings. The Labute approximate surface area is 135 Å². The maximum atomic E-state index is 12.9. The third-order valence-electron chi connectivity index (χ3n) is 3.91. The minimum atomic E-state index is -1.09. The van der Waals surface area contributed by atoms with Crippen molar-refractivity contribution < 1.29 is 19.1 Å². The van der Waals surface area contributed by atoms with Crippen molar-refractivity contribution >= 4 is 11.8 Å². The number of carbonyl (C=O) groups is 2. The second-order valence-electron chi connectivity index (χ2n) is 5.94. The van der Waals surface area contributed by atoms with Gasteiger partial charge in [0.25, 0.3) is 5.91 Å². The van der Waals surface area contributed by atoms with E-state index < -0.39 is 11.4 Å². The molecule has 2 amide bonds. The molecule has 7 heteroatoms. The lowest BCUT2D eigenvalue weighted by atomic mass is 9.95. The van der Waals surface area contributed by atoms with E-state index in [1.165, 1.54) is 18.2 Å². The number of methoxy groups -OCH3 is 1. The van der Waals surface area contributed by atoms with Gasteiger partial charge in [0.05, 0.1) is 12.7 Å². The van der Waals surface area contributed by atoms with Crippen molar-refractivity contribution in [2.45, 2.75) is 38.3 Å². The smallest absolute Gasteiger partial charge is 0.255 e. The maximum absolute atomic E-state index is 12.9. The van der Waals surface area contributed by atoms with Gasteiger partial charge in [0.1, 0.15) is 5.54 Å². The van der Waals surface area contributed by atoms with Crippen molar-refractivity contribution in [1.82, 2.24) is 9.88 Å². The van der Waals surface area contributed by atoms with E-state index in [2.05, 4.69) is 4.98 Å². The third kappa shape index (κ3) is 3.44. The van der Waals surface area contributed by atoms with Crippen molar-refractivity contribution in [3.8, 4) is 5.88 Å². The van der Waals surface area contributed by atoms with Crippen LogP contribution in [0.15, 0.2) is 18.3 Å². The molecule has 0 bridgehead atoms. The van der Waals surface area contributed by atoms with E-state index in [1.54, 1.807) is 12.1 Å². The second-order valence-corrected chi connectivity index (χ2v) is 5.94. The summed E-state index contributed by atoms with van der Waals surface area (Å²) in [5.74, 6) is -0.436. The number of aromatic nitrogens is 1. The van der Waals surface area contributed by atoms with Crippen LogP contribution < -0.4 is 10.5 Å². The fourth-order valence-electron chi connectivity index (χ4n) is 2.89. The van der Waals surface area contributed by atoms with Crippen molar-refractivity contribution in [2.24, 2.45) is 5.73 Å². The van der Waals surface area contributed by atoms with Crippen LogP contribution in [0.25, 0.3) is 0 Å². The molecule has 0 saturated carbocycles. The number of nitrogens with zero attached hydrogens (tertiary/aromatic N) is 2. The molecule has 1 saturated heterocycles. The molecule has 2 rings (SSSR count). The molecule has 1 unspecified atom stereocenters. The summed E-state index contributed by atoms with van der Waals surface area (Å²) >= 11 is 0. The summed E-state index contributed by atoms with van der Waals surface area (Å²) < 4.78 is 10.7. The molecule has 0 aliphatic carbocycles. The van der Waals surface area contributed by atoms with Gasteiger partial charge in [-0.3, -0.25) is 9.59 Å². The lowest BCUT2D eigenvalue weighted by Gasteiger charge is -2.35. The normalized spacial score (nSPS) is 20.8. The molecule has 0 aromatic carbocycles. The predicted octanol–water partition coefficient (Wildman–Crippen LogP) is 0.975. The first-order valence-corrected chi connectivity index (χ1v) is 7.64. The fourth-order valence-corrected chi connectivity index (χ4v) is 2.89. The van der Waals surface area contributed by atoms with Gasteiger partial charge < -0.3 is 20.1 Å². The van der Waals surface area contributed by atoms with Crippen LogP contribution >= 0.6 is 0 Å². The molecule has 126 valence electrons. The molecule has 23 heavy (non-hydrogen) atoms. The zero-order chi connectivity index (χ0) is 17.0. The number of rotatable bonds is 6. The Bertz CT molecular complexity index is 590. The molecule has 1 aliphatic rings. The Hall–Kier alpha value is -2.15. The monoisotopic (exact) mass is 321 g/mol. The summed E-state index contributed by atoms with van der Waals surface area (Å²) in [7, 11) is 1.49. The number of ether oxygens (including phenoxy) is 2. The first-order valence-electron chi connectivity index (χ1n) is 7.64. The number of hydrogen-bond acceptors (Lipinski definition) is 5. The molecular formula is C16H23N3O4. The minimum Gasteiger partial charge on any atom is -0.475 e. The van der Waals surface area contributed by atoms with Gasteiger partial charge in [0.15, 0.2) is 0 Å². The Morgan fingerprint density at radius 2 is 2.22 bits per heavy atom. The largest absolute Gasteiger partial charge is 0.475 e. The van der Waals surface area contributed by atoms with Crippen molar-refractivity contribution in [1.29, 1.82) is 0 Å². The SMILES string of the molecule is COCC1(C(N)=O)CCCN1C(=O)c1ccnc(OC(C)C)c1. The Morgan fingerprint density at radius 3 is 2.83 bits per heavy atom. The van der Waals surface area contributed by atoms with E-state index in [0.717, 1.165) is 0 Å². The average Bonchev–Trinajstić information content (AvgIpc) is 2.91. The third-order valence-corrected chi connectivity index (χ3v) is 3.91. The number of primary amides is 1. The van der Waals surface area contributed by atoms with Gasteiger partial charge >= 0.3 is 0 Å². The lowest BCUT2D eigenvalue weighted by molar-refractivity contribution is -0.130. The molecule has 1 aromatic heterocycles. The van der Waals surface area contributed by atoms with E-state index >= 15 is 0 Å². The summed E-state index contributed by atoms with van der Waals surface area (Å²) in [6.45, 7) is 4.32. The van der Waals surface area contributed by atoms with E-state index in [0.29, 0.717) is 30.8 Å². The van der Waals surface area contributed by atoms with Gasteiger partial charge in [-0.1, -0.05) is 0 Å². The number of pyridine rings is 1. The van der Waals surface area contributed by atoms with Crippen LogP contribution in [0.2, 0.25) is 0 Å². The van der Waals surface area contributed by atoms with Crippen LogP contribution in [0.5, 0.6) is 5.88 Å². The molecule has 7 nitrogen and oxygen atoms in total. The highest BCUT2D eigenvalue weighted by Gasteiger charge is 2.48. The molecule has 0 radical (unpaired) electrons. The molecule has 2 heterocycles.